The average molecular weight is 608 g/mol. The summed E-state index contributed by atoms with van der Waals surface area (Å²) in [5.74, 6) is 0. The van der Waals surface area contributed by atoms with E-state index in [0.717, 1.165) is 0 Å². The van der Waals surface area contributed by atoms with Crippen molar-refractivity contribution in [1.82, 2.24) is 4.58 Å². The summed E-state index contributed by atoms with van der Waals surface area (Å²) >= 11 is 0. The van der Waals surface area contributed by atoms with Crippen LogP contribution in [-0.4, -0.2) is 10.4 Å². The van der Waals surface area contributed by atoms with Crippen molar-refractivity contribution in [2.24, 2.45) is 0 Å². The molecule has 7 heteroatoms. The summed E-state index contributed by atoms with van der Waals surface area (Å²) in [5, 5.41) is 0. The van der Waals surface area contributed by atoms with E-state index in [1.54, 1.807) is 0 Å². The molecule has 4 aromatic carbocycles. The molecule has 0 saturated carbocycles. The van der Waals surface area contributed by atoms with Crippen LogP contribution in [0.25, 0.3) is 0 Å². The Labute approximate surface area is 261 Å². The highest BCUT2D eigenvalue weighted by atomic mass is 35.7. The normalized spacial score (nSPS) is 17.6. The summed E-state index contributed by atoms with van der Waals surface area (Å²) in [5.41, 5.74) is 9.91. The Bertz CT molecular complexity index is 1750. The second kappa shape index (κ2) is 12.4. The molecule has 224 valence electrons. The van der Waals surface area contributed by atoms with Crippen LogP contribution in [0.2, 0.25) is 0 Å². The number of fused-ring (bicyclic) bond motifs is 2. The maximum Gasteiger partial charge on any atom is 0.215 e. The van der Waals surface area contributed by atoms with Crippen molar-refractivity contribution in [3.63, 3.8) is 0 Å². The quantitative estimate of drug-likeness (QED) is 0.247. The number of halogens is 1. The SMILES string of the molecule is CC1(C)C(/C=C/C=C/C=C2/N(c3ccccc3)c3ccccc3C2(C)C)=[N+](c2ccccc2)c2ccccc21.[O-][Cl+3]([O-])([O-])O. The minimum absolute atomic E-state index is 0.103. The van der Waals surface area contributed by atoms with Crippen molar-refractivity contribution < 1.29 is 28.9 Å². The molecule has 0 saturated heterocycles. The Morgan fingerprint density at radius 2 is 1.20 bits per heavy atom. The van der Waals surface area contributed by atoms with Gasteiger partial charge in [-0.05, 0) is 43.7 Å². The molecule has 2 aliphatic rings. The van der Waals surface area contributed by atoms with Crippen molar-refractivity contribution in [3.05, 3.63) is 156 Å². The monoisotopic (exact) mass is 607 g/mol. The first-order valence-electron chi connectivity index (χ1n) is 14.4. The van der Waals surface area contributed by atoms with Crippen LogP contribution in [0, 0.1) is 10.2 Å². The Hall–Kier alpha value is -4.30. The zero-order valence-corrected chi connectivity index (χ0v) is 26.0. The van der Waals surface area contributed by atoms with E-state index in [1.807, 2.05) is 0 Å². The molecule has 4 aromatic rings. The Morgan fingerprint density at radius 1 is 0.659 bits per heavy atom. The fourth-order valence-corrected chi connectivity index (χ4v) is 6.12. The number of hydrogen-bond acceptors (Lipinski definition) is 5. The van der Waals surface area contributed by atoms with Crippen LogP contribution in [0.3, 0.4) is 0 Å². The molecule has 0 atom stereocenters. The summed E-state index contributed by atoms with van der Waals surface area (Å²) in [4.78, 5) is 2.39. The van der Waals surface area contributed by atoms with E-state index in [4.69, 9.17) is 18.6 Å². The molecule has 44 heavy (non-hydrogen) atoms. The van der Waals surface area contributed by atoms with E-state index in [2.05, 4.69) is 177 Å². The van der Waals surface area contributed by atoms with Crippen molar-refractivity contribution >= 4 is 28.5 Å². The molecule has 0 unspecified atom stereocenters. The lowest BCUT2D eigenvalue weighted by Crippen LogP contribution is -2.58. The van der Waals surface area contributed by atoms with Crippen LogP contribution in [0.5, 0.6) is 0 Å². The van der Waals surface area contributed by atoms with Gasteiger partial charge in [0.25, 0.3) is 0 Å². The fraction of sp³-hybridized carbons (Fsp3) is 0.162. The largest absolute Gasteiger partial charge is 0.313 e. The smallest absolute Gasteiger partial charge is 0.215 e. The highest BCUT2D eigenvalue weighted by molar-refractivity contribution is 6.10. The van der Waals surface area contributed by atoms with Crippen molar-refractivity contribution in [2.45, 2.75) is 38.5 Å². The van der Waals surface area contributed by atoms with Gasteiger partial charge in [0.2, 0.25) is 11.4 Å². The number of para-hydroxylation sites is 4. The van der Waals surface area contributed by atoms with Crippen LogP contribution in [0.1, 0.15) is 38.8 Å². The molecule has 2 heterocycles. The molecular weight excluding hydrogens is 572 g/mol. The standard InChI is InChI=1S/C37H35N2.ClHO4/c1-36(2)30-22-14-16-24-32(30)38(28-18-8-5-9-19-28)34(36)26-12-7-13-27-35-37(3,4)31-23-15-17-25-33(31)39(35)29-20-10-6-11-21-29;2-1(3,4)5/h5-27H,1-4H3;(H,2,3,4,5)/q+1;. The van der Waals surface area contributed by atoms with Gasteiger partial charge in [-0.2, -0.15) is 18.6 Å². The molecule has 0 bridgehead atoms. The number of rotatable bonds is 5. The lowest BCUT2D eigenvalue weighted by molar-refractivity contribution is -1.92. The third-order valence-corrected chi connectivity index (χ3v) is 8.16. The minimum atomic E-state index is -4.69. The number of nitrogens with zero attached hydrogens (tertiary/aromatic N) is 2. The second-order valence-corrected chi connectivity index (χ2v) is 12.5. The van der Waals surface area contributed by atoms with Gasteiger partial charge in [0.05, 0.1) is 20.3 Å². The first kappa shape index (κ1) is 31.1. The van der Waals surface area contributed by atoms with E-state index in [1.165, 1.54) is 45.3 Å². The summed E-state index contributed by atoms with van der Waals surface area (Å²) in [6.45, 7) is 9.26. The van der Waals surface area contributed by atoms with E-state index < -0.39 is 10.2 Å². The Kier molecular flexibility index (Phi) is 8.75. The molecule has 0 radical (unpaired) electrons. The molecule has 0 spiro atoms. The lowest BCUT2D eigenvalue weighted by Gasteiger charge is -2.27. The van der Waals surface area contributed by atoms with E-state index in [9.17, 15) is 0 Å². The molecular formula is C37H36ClN2O4+. The van der Waals surface area contributed by atoms with Crippen molar-refractivity contribution in [2.75, 3.05) is 4.90 Å². The zero-order valence-electron chi connectivity index (χ0n) is 25.2. The van der Waals surface area contributed by atoms with Gasteiger partial charge >= 0.3 is 0 Å². The Morgan fingerprint density at radius 3 is 1.86 bits per heavy atom. The van der Waals surface area contributed by atoms with Crippen molar-refractivity contribution in [3.8, 4) is 0 Å². The molecule has 6 nitrogen and oxygen atoms in total. The van der Waals surface area contributed by atoms with E-state index >= 15 is 0 Å². The number of hydrogen-bond donors (Lipinski definition) is 1. The van der Waals surface area contributed by atoms with Crippen LogP contribution in [-0.2, 0) is 10.8 Å². The minimum Gasteiger partial charge on any atom is -0.313 e. The zero-order chi connectivity index (χ0) is 31.5. The van der Waals surface area contributed by atoms with E-state index in [-0.39, 0.29) is 10.8 Å². The summed E-state index contributed by atoms with van der Waals surface area (Å²) in [7, 11) is -4.69. The van der Waals surface area contributed by atoms with Crippen LogP contribution in [0.15, 0.2) is 145 Å². The lowest BCUT2D eigenvalue weighted by atomic mass is 9.81. The number of allylic oxidation sites excluding steroid dienone is 6. The first-order valence-corrected chi connectivity index (χ1v) is 15.6. The van der Waals surface area contributed by atoms with Crippen LogP contribution in [0.4, 0.5) is 22.7 Å². The van der Waals surface area contributed by atoms with Gasteiger partial charge in [-0.15, -0.1) is 0 Å². The first-order chi connectivity index (χ1) is 20.9. The maximum atomic E-state index is 8.60. The predicted octanol–water partition coefficient (Wildman–Crippen LogP) is 5.26. The Balaban J connectivity index is 0.000000712. The third-order valence-electron chi connectivity index (χ3n) is 8.16. The van der Waals surface area contributed by atoms with Crippen LogP contribution >= 0.6 is 0 Å². The second-order valence-electron chi connectivity index (χ2n) is 11.7. The molecule has 0 aliphatic carbocycles. The van der Waals surface area contributed by atoms with Gasteiger partial charge in [-0.3, -0.25) is 0 Å². The van der Waals surface area contributed by atoms with Gasteiger partial charge in [-0.25, -0.2) is 0 Å². The fourth-order valence-electron chi connectivity index (χ4n) is 6.12. The topological polar surface area (TPSA) is 95.7 Å². The number of benzene rings is 4. The van der Waals surface area contributed by atoms with Gasteiger partial charge < -0.3 is 4.90 Å². The van der Waals surface area contributed by atoms with Gasteiger partial charge in [-0.1, -0.05) is 105 Å². The molecule has 0 amide bonds. The molecule has 1 N–H and O–H groups in total. The molecule has 0 fully saturated rings. The molecule has 2 aliphatic heterocycles. The summed E-state index contributed by atoms with van der Waals surface area (Å²) in [6.07, 6.45) is 11.1. The summed E-state index contributed by atoms with van der Waals surface area (Å²) in [6, 6.07) is 38.8. The summed E-state index contributed by atoms with van der Waals surface area (Å²) < 4.78 is 35.1. The third kappa shape index (κ3) is 6.31. The molecule has 6 rings (SSSR count). The maximum absolute atomic E-state index is 8.60. The molecule has 0 aromatic heterocycles. The highest BCUT2D eigenvalue weighted by Crippen LogP contribution is 2.51. The van der Waals surface area contributed by atoms with E-state index in [0.29, 0.717) is 0 Å². The van der Waals surface area contributed by atoms with Crippen molar-refractivity contribution in [1.29, 1.82) is 0 Å². The highest BCUT2D eigenvalue weighted by Gasteiger charge is 2.45. The van der Waals surface area contributed by atoms with Gasteiger partial charge in [0.1, 0.15) is 0 Å². The van der Waals surface area contributed by atoms with Gasteiger partial charge in [0.15, 0.2) is 5.71 Å². The average Bonchev–Trinajstić information content (AvgIpc) is 3.36. The number of anilines is 2. The van der Waals surface area contributed by atoms with Crippen LogP contribution < -0.4 is 23.5 Å². The predicted molar refractivity (Wildman–Crippen MR) is 169 cm³/mol. The van der Waals surface area contributed by atoms with Gasteiger partial charge in [0, 0.05) is 52.3 Å².